The maximum absolute atomic E-state index is 12.2. The van der Waals surface area contributed by atoms with Gasteiger partial charge in [0.25, 0.3) is 5.91 Å². The van der Waals surface area contributed by atoms with E-state index in [0.29, 0.717) is 16.8 Å². The lowest BCUT2D eigenvalue weighted by molar-refractivity contribution is -0.136. The topological polar surface area (TPSA) is 41.6 Å². The summed E-state index contributed by atoms with van der Waals surface area (Å²) >= 11 is 5.89. The van der Waals surface area contributed by atoms with Crippen molar-refractivity contribution < 1.29 is 9.53 Å². The van der Waals surface area contributed by atoms with Crippen LogP contribution in [0.1, 0.15) is 13.3 Å². The Morgan fingerprint density at radius 1 is 1.58 bits per heavy atom. The lowest BCUT2D eigenvalue weighted by atomic mass is 10.3. The van der Waals surface area contributed by atoms with Crippen LogP contribution in [0.25, 0.3) is 0 Å². The number of nitrogens with zero attached hydrogens (tertiary/aromatic N) is 1. The molecule has 1 saturated heterocycles. The van der Waals surface area contributed by atoms with Gasteiger partial charge in [0.2, 0.25) is 0 Å². The molecule has 1 aliphatic heterocycles. The number of amides is 1. The summed E-state index contributed by atoms with van der Waals surface area (Å²) in [4.78, 5) is 14.1. The van der Waals surface area contributed by atoms with Crippen molar-refractivity contribution in [3.63, 3.8) is 0 Å². The first-order chi connectivity index (χ1) is 9.10. The number of halogens is 1. The maximum Gasteiger partial charge on any atom is 0.263 e. The number of benzene rings is 1. The van der Waals surface area contributed by atoms with Crippen molar-refractivity contribution in [2.24, 2.45) is 0 Å². The molecule has 1 aliphatic rings. The maximum atomic E-state index is 12.2. The minimum Gasteiger partial charge on any atom is -0.481 e. The number of rotatable bonds is 4. The molecule has 0 aromatic heterocycles. The van der Waals surface area contributed by atoms with Crippen molar-refractivity contribution in [3.8, 4) is 5.75 Å². The Balaban J connectivity index is 1.93. The number of likely N-dealkylation sites (tertiary alicyclic amines) is 1. The third kappa shape index (κ3) is 3.61. The van der Waals surface area contributed by atoms with Gasteiger partial charge < -0.3 is 15.0 Å². The molecule has 1 heterocycles. The number of hydrogen-bond acceptors (Lipinski definition) is 3. The summed E-state index contributed by atoms with van der Waals surface area (Å²) in [6.07, 6.45) is 0.501. The molecular formula is C14H19ClN2O2. The highest BCUT2D eigenvalue weighted by molar-refractivity contribution is 6.30. The van der Waals surface area contributed by atoms with Crippen molar-refractivity contribution >= 4 is 17.5 Å². The highest BCUT2D eigenvalue weighted by Gasteiger charge is 2.29. The third-order valence-electron chi connectivity index (χ3n) is 3.36. The van der Waals surface area contributed by atoms with Gasteiger partial charge in [-0.2, -0.15) is 0 Å². The van der Waals surface area contributed by atoms with Crippen LogP contribution in [0, 0.1) is 0 Å². The van der Waals surface area contributed by atoms with Crippen LogP contribution < -0.4 is 10.1 Å². The molecule has 1 N–H and O–H groups in total. The smallest absolute Gasteiger partial charge is 0.263 e. The van der Waals surface area contributed by atoms with Gasteiger partial charge in [-0.15, -0.1) is 0 Å². The van der Waals surface area contributed by atoms with Crippen LogP contribution in [0.4, 0.5) is 0 Å². The predicted octanol–water partition coefficient (Wildman–Crippen LogP) is 1.93. The Bertz CT molecular complexity index is 453. The van der Waals surface area contributed by atoms with Gasteiger partial charge in [0.05, 0.1) is 0 Å². The quantitative estimate of drug-likeness (QED) is 0.917. The first-order valence-electron chi connectivity index (χ1n) is 6.48. The van der Waals surface area contributed by atoms with Crippen molar-refractivity contribution in [1.29, 1.82) is 0 Å². The highest BCUT2D eigenvalue weighted by Crippen LogP contribution is 2.19. The summed E-state index contributed by atoms with van der Waals surface area (Å²) in [5.74, 6) is 0.649. The molecule has 2 unspecified atom stereocenters. The molecule has 1 aromatic carbocycles. The SMILES string of the molecule is CNC1CCN(C(=O)C(C)Oc2cccc(Cl)c2)C1. The van der Waals surface area contributed by atoms with E-state index >= 15 is 0 Å². The zero-order valence-corrected chi connectivity index (χ0v) is 12.0. The van der Waals surface area contributed by atoms with E-state index in [2.05, 4.69) is 5.32 Å². The molecule has 0 bridgehead atoms. The van der Waals surface area contributed by atoms with E-state index < -0.39 is 6.10 Å². The number of carbonyl (C=O) groups is 1. The Morgan fingerprint density at radius 2 is 2.37 bits per heavy atom. The summed E-state index contributed by atoms with van der Waals surface area (Å²) in [5, 5.41) is 3.80. The molecule has 1 amide bonds. The average Bonchev–Trinajstić information content (AvgIpc) is 2.86. The van der Waals surface area contributed by atoms with Gasteiger partial charge in [0.15, 0.2) is 6.10 Å². The first kappa shape index (κ1) is 14.2. The molecule has 1 aromatic rings. The van der Waals surface area contributed by atoms with Gasteiger partial charge in [0, 0.05) is 24.2 Å². The summed E-state index contributed by atoms with van der Waals surface area (Å²) < 4.78 is 5.64. The lowest BCUT2D eigenvalue weighted by Crippen LogP contribution is -2.40. The number of likely N-dealkylation sites (N-methyl/N-ethyl adjacent to an activating group) is 1. The second kappa shape index (κ2) is 6.26. The van der Waals surface area contributed by atoms with Crippen LogP contribution >= 0.6 is 11.6 Å². The normalized spacial score (nSPS) is 20.4. The summed E-state index contributed by atoms with van der Waals surface area (Å²) in [5.41, 5.74) is 0. The van der Waals surface area contributed by atoms with E-state index in [9.17, 15) is 4.79 Å². The van der Waals surface area contributed by atoms with Gasteiger partial charge in [-0.05, 0) is 38.6 Å². The van der Waals surface area contributed by atoms with E-state index in [1.165, 1.54) is 0 Å². The molecule has 2 rings (SSSR count). The molecule has 4 nitrogen and oxygen atoms in total. The Kier molecular flexibility index (Phi) is 4.66. The monoisotopic (exact) mass is 282 g/mol. The van der Waals surface area contributed by atoms with E-state index in [4.69, 9.17) is 16.3 Å². The second-order valence-electron chi connectivity index (χ2n) is 4.78. The zero-order valence-electron chi connectivity index (χ0n) is 11.2. The van der Waals surface area contributed by atoms with Gasteiger partial charge in [-0.1, -0.05) is 17.7 Å². The third-order valence-corrected chi connectivity index (χ3v) is 3.60. The fraction of sp³-hybridized carbons (Fsp3) is 0.500. The fourth-order valence-electron chi connectivity index (χ4n) is 2.25. The van der Waals surface area contributed by atoms with Crippen molar-refractivity contribution in [2.75, 3.05) is 20.1 Å². The minimum absolute atomic E-state index is 0.0257. The van der Waals surface area contributed by atoms with Crippen LogP contribution in [0.2, 0.25) is 5.02 Å². The average molecular weight is 283 g/mol. The lowest BCUT2D eigenvalue weighted by Gasteiger charge is -2.21. The van der Waals surface area contributed by atoms with E-state index in [1.807, 2.05) is 18.0 Å². The Labute approximate surface area is 118 Å². The number of carbonyl (C=O) groups excluding carboxylic acids is 1. The largest absolute Gasteiger partial charge is 0.481 e. The molecule has 104 valence electrons. The van der Waals surface area contributed by atoms with Crippen LogP contribution in [-0.4, -0.2) is 43.1 Å². The van der Waals surface area contributed by atoms with Crippen molar-refractivity contribution in [1.82, 2.24) is 10.2 Å². The van der Waals surface area contributed by atoms with Crippen LogP contribution in [0.3, 0.4) is 0 Å². The van der Waals surface area contributed by atoms with Gasteiger partial charge >= 0.3 is 0 Å². The van der Waals surface area contributed by atoms with Crippen LogP contribution in [-0.2, 0) is 4.79 Å². The molecule has 0 saturated carbocycles. The second-order valence-corrected chi connectivity index (χ2v) is 5.21. The van der Waals surface area contributed by atoms with Gasteiger partial charge in [-0.3, -0.25) is 4.79 Å². The molecule has 0 aliphatic carbocycles. The predicted molar refractivity (Wildman–Crippen MR) is 75.6 cm³/mol. The summed E-state index contributed by atoms with van der Waals surface area (Å²) in [6.45, 7) is 3.31. The summed E-state index contributed by atoms with van der Waals surface area (Å²) in [7, 11) is 1.92. The number of hydrogen-bond donors (Lipinski definition) is 1. The van der Waals surface area contributed by atoms with E-state index in [0.717, 1.165) is 19.5 Å². The molecule has 5 heteroatoms. The van der Waals surface area contributed by atoms with E-state index in [-0.39, 0.29) is 5.91 Å². The molecular weight excluding hydrogens is 264 g/mol. The Morgan fingerprint density at radius 3 is 3.00 bits per heavy atom. The van der Waals surface area contributed by atoms with E-state index in [1.54, 1.807) is 25.1 Å². The highest BCUT2D eigenvalue weighted by atomic mass is 35.5. The zero-order chi connectivity index (χ0) is 13.8. The summed E-state index contributed by atoms with van der Waals surface area (Å²) in [6, 6.07) is 7.49. The molecule has 2 atom stereocenters. The number of nitrogens with one attached hydrogen (secondary N) is 1. The molecule has 0 radical (unpaired) electrons. The van der Waals surface area contributed by atoms with Crippen molar-refractivity contribution in [3.05, 3.63) is 29.3 Å². The molecule has 1 fully saturated rings. The minimum atomic E-state index is -0.492. The molecule has 0 spiro atoms. The molecule has 19 heavy (non-hydrogen) atoms. The Hall–Kier alpha value is -1.26. The standard InChI is InChI=1S/C14H19ClN2O2/c1-10(19-13-5-3-4-11(15)8-13)14(18)17-7-6-12(9-17)16-2/h3-5,8,10,12,16H,6-7,9H2,1-2H3. The van der Waals surface area contributed by atoms with Gasteiger partial charge in [0.1, 0.15) is 5.75 Å². The van der Waals surface area contributed by atoms with Crippen LogP contribution in [0.15, 0.2) is 24.3 Å². The number of ether oxygens (including phenoxy) is 1. The first-order valence-corrected chi connectivity index (χ1v) is 6.86. The van der Waals surface area contributed by atoms with Gasteiger partial charge in [-0.25, -0.2) is 0 Å². The fourth-order valence-corrected chi connectivity index (χ4v) is 2.43. The van der Waals surface area contributed by atoms with Crippen molar-refractivity contribution in [2.45, 2.75) is 25.5 Å². The van der Waals surface area contributed by atoms with Crippen LogP contribution in [0.5, 0.6) is 5.75 Å².